The van der Waals surface area contributed by atoms with Crippen molar-refractivity contribution in [2.24, 2.45) is 0 Å². The van der Waals surface area contributed by atoms with Crippen LogP contribution in [0.1, 0.15) is 44.3 Å². The van der Waals surface area contributed by atoms with Crippen molar-refractivity contribution in [2.45, 2.75) is 44.7 Å². The molecule has 1 aromatic rings. The lowest BCUT2D eigenvalue weighted by Crippen LogP contribution is -2.52. The van der Waals surface area contributed by atoms with Crippen molar-refractivity contribution >= 4 is 0 Å². The first-order valence-electron chi connectivity index (χ1n) is 8.93. The third kappa shape index (κ3) is 4.28. The SMILES string of the molecule is CC(CN1CCCCCC1)N1CCNC(c2ccccn2)C1. The molecule has 0 bridgehead atoms. The Hall–Kier alpha value is -0.970. The molecule has 122 valence electrons. The van der Waals surface area contributed by atoms with Gasteiger partial charge in [0.25, 0.3) is 0 Å². The fraction of sp³-hybridized carbons (Fsp3) is 0.722. The van der Waals surface area contributed by atoms with E-state index >= 15 is 0 Å². The largest absolute Gasteiger partial charge is 0.306 e. The van der Waals surface area contributed by atoms with Gasteiger partial charge in [-0.2, -0.15) is 0 Å². The molecule has 0 saturated carbocycles. The number of pyridine rings is 1. The zero-order valence-corrected chi connectivity index (χ0v) is 13.9. The molecule has 3 heterocycles. The smallest absolute Gasteiger partial charge is 0.0624 e. The van der Waals surface area contributed by atoms with Gasteiger partial charge in [0.05, 0.1) is 11.7 Å². The van der Waals surface area contributed by atoms with E-state index in [0.29, 0.717) is 12.1 Å². The average Bonchev–Trinajstić information content (AvgIpc) is 2.84. The highest BCUT2D eigenvalue weighted by Gasteiger charge is 2.26. The molecule has 1 aromatic heterocycles. The number of hydrogen-bond acceptors (Lipinski definition) is 4. The Labute approximate surface area is 134 Å². The van der Waals surface area contributed by atoms with Crippen LogP contribution in [0.5, 0.6) is 0 Å². The summed E-state index contributed by atoms with van der Waals surface area (Å²) in [4.78, 5) is 9.84. The quantitative estimate of drug-likeness (QED) is 0.925. The molecule has 2 unspecified atom stereocenters. The van der Waals surface area contributed by atoms with Gasteiger partial charge >= 0.3 is 0 Å². The van der Waals surface area contributed by atoms with Gasteiger partial charge in [-0.1, -0.05) is 18.9 Å². The molecule has 2 aliphatic rings. The maximum Gasteiger partial charge on any atom is 0.0624 e. The van der Waals surface area contributed by atoms with Gasteiger partial charge in [0, 0.05) is 38.4 Å². The average molecular weight is 302 g/mol. The number of likely N-dealkylation sites (tertiary alicyclic amines) is 1. The number of nitrogens with zero attached hydrogens (tertiary/aromatic N) is 3. The Morgan fingerprint density at radius 2 is 2.00 bits per heavy atom. The van der Waals surface area contributed by atoms with E-state index in [1.807, 2.05) is 12.3 Å². The van der Waals surface area contributed by atoms with E-state index in [1.54, 1.807) is 0 Å². The molecule has 22 heavy (non-hydrogen) atoms. The van der Waals surface area contributed by atoms with E-state index < -0.39 is 0 Å². The van der Waals surface area contributed by atoms with Crippen LogP contribution in [0.2, 0.25) is 0 Å². The lowest BCUT2D eigenvalue weighted by atomic mass is 10.1. The molecule has 0 aliphatic carbocycles. The Kier molecular flexibility index (Phi) is 5.82. The van der Waals surface area contributed by atoms with Crippen molar-refractivity contribution in [1.29, 1.82) is 0 Å². The summed E-state index contributed by atoms with van der Waals surface area (Å²) in [6, 6.07) is 7.23. The van der Waals surface area contributed by atoms with Crippen LogP contribution in [-0.4, -0.2) is 60.1 Å². The maximum absolute atomic E-state index is 4.52. The van der Waals surface area contributed by atoms with E-state index in [4.69, 9.17) is 0 Å². The van der Waals surface area contributed by atoms with E-state index in [0.717, 1.165) is 19.6 Å². The highest BCUT2D eigenvalue weighted by molar-refractivity contribution is 5.10. The Balaban J connectivity index is 1.54. The second-order valence-electron chi connectivity index (χ2n) is 6.82. The molecule has 0 radical (unpaired) electrons. The summed E-state index contributed by atoms with van der Waals surface area (Å²) < 4.78 is 0. The van der Waals surface area contributed by atoms with Gasteiger partial charge in [0.2, 0.25) is 0 Å². The van der Waals surface area contributed by atoms with Gasteiger partial charge in [-0.25, -0.2) is 0 Å². The van der Waals surface area contributed by atoms with Gasteiger partial charge < -0.3 is 10.2 Å². The van der Waals surface area contributed by atoms with Crippen molar-refractivity contribution in [2.75, 3.05) is 39.3 Å². The van der Waals surface area contributed by atoms with E-state index in [-0.39, 0.29) is 0 Å². The normalized spacial score (nSPS) is 26.5. The van der Waals surface area contributed by atoms with Crippen LogP contribution in [0.25, 0.3) is 0 Å². The molecule has 0 amide bonds. The van der Waals surface area contributed by atoms with Crippen LogP contribution in [0.15, 0.2) is 24.4 Å². The molecule has 2 aliphatic heterocycles. The van der Waals surface area contributed by atoms with Crippen molar-refractivity contribution in [1.82, 2.24) is 20.1 Å². The van der Waals surface area contributed by atoms with Gasteiger partial charge in [0.15, 0.2) is 0 Å². The van der Waals surface area contributed by atoms with Gasteiger partial charge in [-0.05, 0) is 45.0 Å². The minimum atomic E-state index is 0.376. The number of nitrogens with one attached hydrogen (secondary N) is 1. The molecule has 0 aromatic carbocycles. The van der Waals surface area contributed by atoms with Crippen molar-refractivity contribution in [3.63, 3.8) is 0 Å². The monoisotopic (exact) mass is 302 g/mol. The molecule has 2 saturated heterocycles. The Morgan fingerprint density at radius 3 is 2.73 bits per heavy atom. The molecule has 2 atom stereocenters. The predicted molar refractivity (Wildman–Crippen MR) is 90.9 cm³/mol. The minimum absolute atomic E-state index is 0.376. The molecule has 4 heteroatoms. The highest BCUT2D eigenvalue weighted by atomic mass is 15.3. The molecule has 0 spiro atoms. The first-order chi connectivity index (χ1) is 10.8. The predicted octanol–water partition coefficient (Wildman–Crippen LogP) is 2.29. The first-order valence-corrected chi connectivity index (χ1v) is 8.93. The van der Waals surface area contributed by atoms with Crippen LogP contribution in [0.4, 0.5) is 0 Å². The highest BCUT2D eigenvalue weighted by Crippen LogP contribution is 2.18. The van der Waals surface area contributed by atoms with Gasteiger partial charge in [-0.3, -0.25) is 9.88 Å². The number of piperazine rings is 1. The molecule has 3 rings (SSSR count). The summed E-state index contributed by atoms with van der Waals surface area (Å²) in [7, 11) is 0. The summed E-state index contributed by atoms with van der Waals surface area (Å²) in [5.74, 6) is 0. The Bertz CT molecular complexity index is 428. The summed E-state index contributed by atoms with van der Waals surface area (Å²) >= 11 is 0. The van der Waals surface area contributed by atoms with Crippen molar-refractivity contribution in [3.8, 4) is 0 Å². The molecular formula is C18H30N4. The standard InChI is InChI=1S/C18H30N4/c1-16(14-21-11-6-2-3-7-12-21)22-13-10-20-18(15-22)17-8-4-5-9-19-17/h4-5,8-9,16,18,20H,2-3,6-7,10-15H2,1H3. The summed E-state index contributed by atoms with van der Waals surface area (Å²) in [6.45, 7) is 9.48. The summed E-state index contributed by atoms with van der Waals surface area (Å²) in [5, 5.41) is 3.62. The number of rotatable bonds is 4. The van der Waals surface area contributed by atoms with Crippen LogP contribution < -0.4 is 5.32 Å². The van der Waals surface area contributed by atoms with Crippen LogP contribution >= 0.6 is 0 Å². The topological polar surface area (TPSA) is 31.4 Å². The third-order valence-corrected chi connectivity index (χ3v) is 5.10. The van der Waals surface area contributed by atoms with Crippen molar-refractivity contribution < 1.29 is 0 Å². The van der Waals surface area contributed by atoms with E-state index in [2.05, 4.69) is 39.2 Å². The van der Waals surface area contributed by atoms with Crippen LogP contribution in [0, 0.1) is 0 Å². The fourth-order valence-electron chi connectivity index (χ4n) is 3.76. The van der Waals surface area contributed by atoms with E-state index in [1.165, 1.54) is 51.0 Å². The summed E-state index contributed by atoms with van der Waals surface area (Å²) in [5.41, 5.74) is 1.18. The molecule has 2 fully saturated rings. The van der Waals surface area contributed by atoms with Gasteiger partial charge in [0.1, 0.15) is 0 Å². The fourth-order valence-corrected chi connectivity index (χ4v) is 3.76. The molecule has 1 N–H and O–H groups in total. The minimum Gasteiger partial charge on any atom is -0.306 e. The zero-order valence-electron chi connectivity index (χ0n) is 13.9. The second-order valence-corrected chi connectivity index (χ2v) is 6.82. The van der Waals surface area contributed by atoms with Crippen LogP contribution in [-0.2, 0) is 0 Å². The lowest BCUT2D eigenvalue weighted by molar-refractivity contribution is 0.115. The number of aromatic nitrogens is 1. The second kappa shape index (κ2) is 8.04. The summed E-state index contributed by atoms with van der Waals surface area (Å²) in [6.07, 6.45) is 7.49. The lowest BCUT2D eigenvalue weighted by Gasteiger charge is -2.39. The van der Waals surface area contributed by atoms with E-state index in [9.17, 15) is 0 Å². The first kappa shape index (κ1) is 15.9. The third-order valence-electron chi connectivity index (χ3n) is 5.10. The van der Waals surface area contributed by atoms with Crippen molar-refractivity contribution in [3.05, 3.63) is 30.1 Å². The molecule has 4 nitrogen and oxygen atoms in total. The Morgan fingerprint density at radius 1 is 1.18 bits per heavy atom. The zero-order chi connectivity index (χ0) is 15.2. The maximum atomic E-state index is 4.52. The molecular weight excluding hydrogens is 272 g/mol. The van der Waals surface area contributed by atoms with Crippen LogP contribution in [0.3, 0.4) is 0 Å². The van der Waals surface area contributed by atoms with Gasteiger partial charge in [-0.15, -0.1) is 0 Å². The number of hydrogen-bond donors (Lipinski definition) is 1.